The number of hydrogen-bond acceptors (Lipinski definition) is 8. The Morgan fingerprint density at radius 2 is 2.03 bits per heavy atom. The summed E-state index contributed by atoms with van der Waals surface area (Å²) in [4.78, 5) is 57.5. The lowest BCUT2D eigenvalue weighted by atomic mass is 10.1. The highest BCUT2D eigenvalue weighted by Crippen LogP contribution is 2.62. The minimum absolute atomic E-state index is 0.182. The van der Waals surface area contributed by atoms with Crippen LogP contribution in [0.3, 0.4) is 0 Å². The smallest absolute Gasteiger partial charge is 0.330 e. The summed E-state index contributed by atoms with van der Waals surface area (Å²) in [5.41, 5.74) is -2.76. The lowest BCUT2D eigenvalue weighted by Crippen LogP contribution is -2.40. The number of nitrogens with one attached hydrogen (secondary N) is 1. The lowest BCUT2D eigenvalue weighted by molar-refractivity contribution is -0.192. The fourth-order valence-corrected chi connectivity index (χ4v) is 5.77. The number of hydrogen-bond donors (Lipinski definition) is 3. The molecule has 1 saturated heterocycles. The van der Waals surface area contributed by atoms with Crippen molar-refractivity contribution in [3.8, 4) is 0 Å². The van der Waals surface area contributed by atoms with Crippen molar-refractivity contribution < 1.29 is 33.2 Å². The van der Waals surface area contributed by atoms with Gasteiger partial charge in [-0.25, -0.2) is 4.79 Å². The van der Waals surface area contributed by atoms with Crippen molar-refractivity contribution in [2.24, 2.45) is 5.92 Å². The third kappa shape index (κ3) is 4.66. The average Bonchev–Trinajstić information content (AvgIpc) is 3.32. The second-order valence-electron chi connectivity index (χ2n) is 7.47. The molecule has 29 heavy (non-hydrogen) atoms. The number of H-pyrrole nitrogens is 1. The molecule has 7 atom stereocenters. The maximum absolute atomic E-state index is 12.8. The third-order valence-corrected chi connectivity index (χ3v) is 9.97. The van der Waals surface area contributed by atoms with Crippen LogP contribution in [-0.2, 0) is 30.4 Å². The monoisotopic (exact) mass is 469 g/mol. The van der Waals surface area contributed by atoms with Crippen LogP contribution in [0.1, 0.15) is 26.5 Å². The summed E-state index contributed by atoms with van der Waals surface area (Å²) >= 11 is 5.12. The number of methoxy groups -OCH3 is 1. The Balaban J connectivity index is 1.99. The average molecular weight is 469 g/mol. The molecule has 14 heteroatoms. The first kappa shape index (κ1) is 23.0. The van der Waals surface area contributed by atoms with Crippen molar-refractivity contribution in [1.29, 1.82) is 0 Å². The molecular formula is C15H23N2O9P2S-. The van der Waals surface area contributed by atoms with Crippen molar-refractivity contribution in [2.75, 3.05) is 7.11 Å². The molecule has 1 aliphatic heterocycles. The first-order valence-corrected chi connectivity index (χ1v) is 13.3. The summed E-state index contributed by atoms with van der Waals surface area (Å²) in [6.45, 7) is -0.250. The SMILES string of the molecule is CO[C@H]1C(OP([O-])(=S)C(C)C)[C@@H](C2CC2P(=O)(O)O)O[C@H]1n1ccc(=O)[nH]c1=O. The van der Waals surface area contributed by atoms with Crippen LogP contribution < -0.4 is 16.1 Å². The van der Waals surface area contributed by atoms with Gasteiger partial charge in [0.25, 0.3) is 5.56 Å². The molecule has 11 nitrogen and oxygen atoms in total. The number of rotatable bonds is 7. The molecular weight excluding hydrogens is 446 g/mol. The topological polar surface area (TPSA) is 163 Å². The number of ether oxygens (including phenoxy) is 2. The van der Waals surface area contributed by atoms with E-state index in [4.69, 9.17) is 25.8 Å². The molecule has 0 radical (unpaired) electrons. The fraction of sp³-hybridized carbons (Fsp3) is 0.733. The minimum Gasteiger partial charge on any atom is -0.800 e. The van der Waals surface area contributed by atoms with Crippen LogP contribution in [0.5, 0.6) is 0 Å². The van der Waals surface area contributed by atoms with Crippen LogP contribution in [0.25, 0.3) is 0 Å². The molecule has 0 amide bonds. The summed E-state index contributed by atoms with van der Waals surface area (Å²) in [6, 6.07) is 1.13. The summed E-state index contributed by atoms with van der Waals surface area (Å²) in [6.07, 6.45) is -2.54. The van der Waals surface area contributed by atoms with E-state index in [1.54, 1.807) is 13.8 Å². The summed E-state index contributed by atoms with van der Waals surface area (Å²) in [5, 5.41) is 0. The van der Waals surface area contributed by atoms with Crippen molar-refractivity contribution in [3.63, 3.8) is 0 Å². The second-order valence-corrected chi connectivity index (χ2v) is 13.2. The number of aromatic nitrogens is 2. The van der Waals surface area contributed by atoms with Crippen LogP contribution in [0, 0.1) is 5.92 Å². The molecule has 3 rings (SSSR count). The van der Waals surface area contributed by atoms with Crippen LogP contribution in [0.15, 0.2) is 21.9 Å². The molecule has 0 spiro atoms. The Labute approximate surface area is 171 Å². The van der Waals surface area contributed by atoms with Crippen LogP contribution in [0.4, 0.5) is 0 Å². The molecule has 1 aliphatic carbocycles. The molecule has 0 aromatic carbocycles. The van der Waals surface area contributed by atoms with Gasteiger partial charge in [0.05, 0.1) is 11.8 Å². The molecule has 1 saturated carbocycles. The van der Waals surface area contributed by atoms with Crippen molar-refractivity contribution >= 4 is 25.9 Å². The fourth-order valence-electron chi connectivity index (χ4n) is 3.46. The summed E-state index contributed by atoms with van der Waals surface area (Å²) in [7, 11) is -3.01. The largest absolute Gasteiger partial charge is 0.800 e. The Kier molecular flexibility index (Phi) is 6.43. The van der Waals surface area contributed by atoms with Crippen LogP contribution in [-0.4, -0.2) is 56.1 Å². The highest BCUT2D eigenvalue weighted by atomic mass is 32.5. The first-order valence-electron chi connectivity index (χ1n) is 8.91. The summed E-state index contributed by atoms with van der Waals surface area (Å²) in [5.74, 6) is -0.580. The highest BCUT2D eigenvalue weighted by molar-refractivity contribution is 8.09. The molecule has 0 bridgehead atoms. The zero-order chi connectivity index (χ0) is 21.7. The molecule has 2 aliphatic rings. The van der Waals surface area contributed by atoms with Gasteiger partial charge in [-0.15, -0.1) is 0 Å². The first-order chi connectivity index (χ1) is 13.4. The van der Waals surface area contributed by atoms with E-state index >= 15 is 0 Å². The maximum atomic E-state index is 12.8. The van der Waals surface area contributed by atoms with Crippen LogP contribution >= 0.6 is 14.1 Å². The summed E-state index contributed by atoms with van der Waals surface area (Å²) < 4.78 is 29.9. The molecule has 164 valence electrons. The zero-order valence-corrected chi connectivity index (χ0v) is 18.5. The normalized spacial score (nSPS) is 34.3. The van der Waals surface area contributed by atoms with E-state index in [2.05, 4.69) is 4.98 Å². The van der Waals surface area contributed by atoms with Gasteiger partial charge in [0, 0.05) is 25.3 Å². The van der Waals surface area contributed by atoms with Crippen molar-refractivity contribution in [1.82, 2.24) is 9.55 Å². The lowest BCUT2D eigenvalue weighted by Gasteiger charge is -2.37. The molecule has 4 unspecified atom stereocenters. The van der Waals surface area contributed by atoms with Gasteiger partial charge >= 0.3 is 13.3 Å². The van der Waals surface area contributed by atoms with Gasteiger partial charge in [-0.05, 0) is 18.6 Å². The predicted molar refractivity (Wildman–Crippen MR) is 104 cm³/mol. The van der Waals surface area contributed by atoms with E-state index in [0.717, 1.165) is 10.6 Å². The van der Waals surface area contributed by atoms with E-state index in [-0.39, 0.29) is 6.42 Å². The molecule has 3 N–H and O–H groups in total. The Morgan fingerprint density at radius 3 is 2.52 bits per heavy atom. The van der Waals surface area contributed by atoms with E-state index in [9.17, 15) is 28.8 Å². The number of aromatic amines is 1. The van der Waals surface area contributed by atoms with Crippen LogP contribution in [0.2, 0.25) is 0 Å². The van der Waals surface area contributed by atoms with Gasteiger partial charge in [-0.3, -0.25) is 18.9 Å². The Morgan fingerprint density at radius 1 is 1.38 bits per heavy atom. The zero-order valence-electron chi connectivity index (χ0n) is 15.9. The van der Waals surface area contributed by atoms with E-state index in [1.807, 2.05) is 0 Å². The van der Waals surface area contributed by atoms with Gasteiger partial charge < -0.3 is 28.7 Å². The highest BCUT2D eigenvalue weighted by Gasteiger charge is 2.61. The van der Waals surface area contributed by atoms with Crippen molar-refractivity contribution in [2.45, 2.75) is 56.1 Å². The third-order valence-electron chi connectivity index (χ3n) is 5.18. The van der Waals surface area contributed by atoms with Gasteiger partial charge in [-0.2, -0.15) is 0 Å². The van der Waals surface area contributed by atoms with Gasteiger partial charge in [-0.1, -0.05) is 25.7 Å². The standard InChI is InChI=1S/C15H24N2O9P2S/c1-7(2)28(23,29)26-12-11(8-6-9(8)27(20,21)22)25-14(13(12)24-3)17-5-4-10(18)16-15(17)19/h4-5,7-9,11-14H,6H2,1-3H3,(H,23,29)(H,16,18,19)(H2,20,21,22)/p-1/t8?,9?,11-,12?,13+,14-,28?/m1/s1. The molecule has 2 fully saturated rings. The van der Waals surface area contributed by atoms with Crippen molar-refractivity contribution in [3.05, 3.63) is 33.1 Å². The van der Waals surface area contributed by atoms with E-state index in [0.29, 0.717) is 0 Å². The molecule has 1 aromatic rings. The van der Waals surface area contributed by atoms with E-state index in [1.165, 1.54) is 13.3 Å². The van der Waals surface area contributed by atoms with E-state index < -0.39 is 67.1 Å². The van der Waals surface area contributed by atoms with Gasteiger partial charge in [0.15, 0.2) is 6.23 Å². The number of nitrogens with zero attached hydrogens (tertiary/aromatic N) is 1. The molecule has 2 heterocycles. The quantitative estimate of drug-likeness (QED) is 0.443. The Hall–Kier alpha value is -0.680. The minimum atomic E-state index is -4.36. The van der Waals surface area contributed by atoms with Gasteiger partial charge in [0.1, 0.15) is 12.2 Å². The molecule has 1 aromatic heterocycles. The Bertz CT molecular complexity index is 973. The van der Waals surface area contributed by atoms with Gasteiger partial charge in [0.2, 0.25) is 0 Å². The second kappa shape index (κ2) is 8.11. The maximum Gasteiger partial charge on any atom is 0.330 e. The predicted octanol–water partition coefficient (Wildman–Crippen LogP) is -0.521.